The monoisotopic (exact) mass is 473 g/mol. The molecule has 6 nitrogen and oxygen atoms in total. The van der Waals surface area contributed by atoms with Gasteiger partial charge in [-0.15, -0.1) is 0 Å². The Hall–Kier alpha value is -2.02. The predicted molar refractivity (Wildman–Crippen MR) is 135 cm³/mol. The van der Waals surface area contributed by atoms with Crippen molar-refractivity contribution in [3.8, 4) is 0 Å². The second kappa shape index (κ2) is 13.8. The molecule has 2 atom stereocenters. The van der Waals surface area contributed by atoms with Crippen molar-refractivity contribution >= 4 is 17.8 Å². The molecule has 6 heteroatoms. The van der Waals surface area contributed by atoms with E-state index in [0.29, 0.717) is 19.1 Å². The minimum Gasteiger partial charge on any atom is -0.461 e. The summed E-state index contributed by atoms with van der Waals surface area (Å²) in [6, 6.07) is 7.91. The fourth-order valence-corrected chi connectivity index (χ4v) is 3.64. The quantitative estimate of drug-likeness (QED) is 0.225. The molecule has 0 spiro atoms. The van der Waals surface area contributed by atoms with Gasteiger partial charge in [0.25, 0.3) is 0 Å². The van der Waals surface area contributed by atoms with Gasteiger partial charge in [0.1, 0.15) is 18.2 Å². The number of rotatable bonds is 14. The third kappa shape index (κ3) is 9.32. The summed E-state index contributed by atoms with van der Waals surface area (Å²) in [5, 5.41) is 3.42. The van der Waals surface area contributed by atoms with E-state index in [1.54, 1.807) is 13.0 Å². The maximum absolute atomic E-state index is 12.9. The van der Waals surface area contributed by atoms with E-state index >= 15 is 0 Å². The highest BCUT2D eigenvalue weighted by Crippen LogP contribution is 2.26. The average Bonchev–Trinajstić information content (AvgIpc) is 3.31. The van der Waals surface area contributed by atoms with Crippen molar-refractivity contribution in [3.05, 3.63) is 41.5 Å². The lowest BCUT2D eigenvalue weighted by Gasteiger charge is -2.33. The summed E-state index contributed by atoms with van der Waals surface area (Å²) in [6.07, 6.45) is 7.16. The van der Waals surface area contributed by atoms with E-state index in [1.807, 2.05) is 45.0 Å². The molecule has 1 aromatic rings. The van der Waals surface area contributed by atoms with Gasteiger partial charge in [-0.2, -0.15) is 0 Å². The molecule has 1 aromatic carbocycles. The minimum atomic E-state index is -0.746. The summed E-state index contributed by atoms with van der Waals surface area (Å²) in [6.45, 7) is 13.1. The highest BCUT2D eigenvalue weighted by Gasteiger charge is 2.39. The predicted octanol–water partition coefficient (Wildman–Crippen LogP) is 5.29. The normalized spacial score (nSPS) is 17.4. The Morgan fingerprint density at radius 1 is 1.06 bits per heavy atom. The molecular formula is C28H43NO5. The third-order valence-corrected chi connectivity index (χ3v) is 6.38. The van der Waals surface area contributed by atoms with E-state index in [-0.39, 0.29) is 30.4 Å². The Labute approximate surface area is 205 Å². The number of esters is 1. The van der Waals surface area contributed by atoms with Gasteiger partial charge in [-0.3, -0.25) is 14.9 Å². The van der Waals surface area contributed by atoms with Gasteiger partial charge in [-0.25, -0.2) is 0 Å². The van der Waals surface area contributed by atoms with Crippen LogP contribution in [-0.2, 0) is 30.3 Å². The second-order valence-electron chi connectivity index (χ2n) is 10.2. The first-order valence-corrected chi connectivity index (χ1v) is 12.6. The zero-order valence-electron chi connectivity index (χ0n) is 21.8. The van der Waals surface area contributed by atoms with Crippen LogP contribution in [-0.4, -0.2) is 42.9 Å². The lowest BCUT2D eigenvalue weighted by molar-refractivity contribution is -0.158. The van der Waals surface area contributed by atoms with E-state index in [9.17, 15) is 9.59 Å². The molecule has 0 radical (unpaired) electrons. The van der Waals surface area contributed by atoms with Crippen molar-refractivity contribution in [2.45, 2.75) is 91.7 Å². The minimum absolute atomic E-state index is 0.0114. The van der Waals surface area contributed by atoms with E-state index in [4.69, 9.17) is 14.2 Å². The smallest absolute Gasteiger partial charge is 0.326 e. The van der Waals surface area contributed by atoms with Gasteiger partial charge < -0.3 is 14.2 Å². The molecule has 1 saturated carbocycles. The van der Waals surface area contributed by atoms with Crippen LogP contribution < -0.4 is 5.32 Å². The van der Waals surface area contributed by atoms with Gasteiger partial charge in [0, 0.05) is 6.54 Å². The van der Waals surface area contributed by atoms with Crippen LogP contribution in [0.1, 0.15) is 78.4 Å². The molecule has 0 heterocycles. The Kier molecular flexibility index (Phi) is 11.4. The van der Waals surface area contributed by atoms with Gasteiger partial charge in [-0.1, -0.05) is 58.0 Å². The number of benzene rings is 1. The van der Waals surface area contributed by atoms with Crippen molar-refractivity contribution in [2.24, 2.45) is 11.8 Å². The van der Waals surface area contributed by atoms with E-state index in [2.05, 4.69) is 19.2 Å². The first-order chi connectivity index (χ1) is 16.1. The van der Waals surface area contributed by atoms with Crippen molar-refractivity contribution < 1.29 is 23.8 Å². The maximum Gasteiger partial charge on any atom is 0.326 e. The van der Waals surface area contributed by atoms with Crippen molar-refractivity contribution in [1.82, 2.24) is 5.32 Å². The Morgan fingerprint density at radius 3 is 2.29 bits per heavy atom. The molecule has 0 amide bonds. The number of ether oxygens (including phenoxy) is 3. The van der Waals surface area contributed by atoms with Crippen LogP contribution >= 0.6 is 0 Å². The van der Waals surface area contributed by atoms with Crippen LogP contribution in [0.15, 0.2) is 30.3 Å². The fourth-order valence-electron chi connectivity index (χ4n) is 3.64. The molecule has 1 N–H and O–H groups in total. The van der Waals surface area contributed by atoms with Crippen LogP contribution in [0.2, 0.25) is 0 Å². The lowest BCUT2D eigenvalue weighted by Crippen LogP contribution is -2.54. The molecule has 34 heavy (non-hydrogen) atoms. The molecule has 1 fully saturated rings. The Balaban J connectivity index is 1.83. The standard InChI is InChI=1S/C28H43NO5/c1-20(2)18-32-22(5)33-19-25(30)16-15-23-11-13-24(14-12-23)17-29-28(6,21(3)4)27(31)34-26-9-7-8-10-26/h11-16,20-22,26,29H,7-10,17-19H2,1-6H3/b16-15+/t22?,28-/m0/s1. The molecule has 1 unspecified atom stereocenters. The first kappa shape index (κ1) is 28.2. The van der Waals surface area contributed by atoms with Crippen LogP contribution in [0.25, 0.3) is 6.08 Å². The molecule has 1 aliphatic rings. The van der Waals surface area contributed by atoms with E-state index in [1.165, 1.54) is 6.08 Å². The number of nitrogens with one attached hydrogen (secondary N) is 1. The van der Waals surface area contributed by atoms with Gasteiger partial charge in [-0.05, 0) is 68.6 Å². The molecule has 0 aliphatic heterocycles. The van der Waals surface area contributed by atoms with E-state index in [0.717, 1.165) is 36.8 Å². The Bertz CT molecular complexity index is 796. The summed E-state index contributed by atoms with van der Waals surface area (Å²) in [5.74, 6) is 0.234. The number of hydrogen-bond acceptors (Lipinski definition) is 6. The number of ketones is 1. The maximum atomic E-state index is 12.9. The molecular weight excluding hydrogens is 430 g/mol. The Morgan fingerprint density at radius 2 is 1.71 bits per heavy atom. The topological polar surface area (TPSA) is 73.9 Å². The van der Waals surface area contributed by atoms with Gasteiger partial charge >= 0.3 is 5.97 Å². The zero-order valence-corrected chi connectivity index (χ0v) is 21.8. The largest absolute Gasteiger partial charge is 0.461 e. The van der Waals surface area contributed by atoms with Crippen LogP contribution in [0, 0.1) is 11.8 Å². The molecule has 2 rings (SSSR count). The number of hydrogen-bond donors (Lipinski definition) is 1. The molecule has 0 bridgehead atoms. The van der Waals surface area contributed by atoms with E-state index < -0.39 is 11.8 Å². The number of carbonyl (C=O) groups is 2. The van der Waals surface area contributed by atoms with Crippen molar-refractivity contribution in [3.63, 3.8) is 0 Å². The van der Waals surface area contributed by atoms with Gasteiger partial charge in [0.15, 0.2) is 12.1 Å². The third-order valence-electron chi connectivity index (χ3n) is 6.38. The van der Waals surface area contributed by atoms with Crippen LogP contribution in [0.3, 0.4) is 0 Å². The summed E-state index contributed by atoms with van der Waals surface area (Å²) in [7, 11) is 0. The lowest BCUT2D eigenvalue weighted by atomic mass is 9.88. The van der Waals surface area contributed by atoms with Gasteiger partial charge in [0.05, 0.1) is 6.61 Å². The zero-order chi connectivity index (χ0) is 25.1. The summed E-state index contributed by atoms with van der Waals surface area (Å²) in [5.41, 5.74) is 1.24. The average molecular weight is 474 g/mol. The summed E-state index contributed by atoms with van der Waals surface area (Å²) < 4.78 is 16.7. The number of carbonyl (C=O) groups excluding carboxylic acids is 2. The van der Waals surface area contributed by atoms with Crippen molar-refractivity contribution in [2.75, 3.05) is 13.2 Å². The first-order valence-electron chi connectivity index (χ1n) is 12.6. The highest BCUT2D eigenvalue weighted by molar-refractivity contribution is 5.94. The summed E-state index contributed by atoms with van der Waals surface area (Å²) in [4.78, 5) is 25.0. The van der Waals surface area contributed by atoms with Crippen LogP contribution in [0.5, 0.6) is 0 Å². The summed E-state index contributed by atoms with van der Waals surface area (Å²) >= 11 is 0. The molecule has 0 saturated heterocycles. The van der Waals surface area contributed by atoms with Crippen molar-refractivity contribution in [1.29, 1.82) is 0 Å². The molecule has 0 aromatic heterocycles. The molecule has 190 valence electrons. The SMILES string of the molecule is CC(C)COC(C)OCC(=O)/C=C/c1ccc(CN[C@](C)(C(=O)OC2CCCC2)C(C)C)cc1. The fraction of sp³-hybridized carbons (Fsp3) is 0.643. The second-order valence-corrected chi connectivity index (χ2v) is 10.2. The van der Waals surface area contributed by atoms with Crippen LogP contribution in [0.4, 0.5) is 0 Å². The highest BCUT2D eigenvalue weighted by atomic mass is 16.7. The van der Waals surface area contributed by atoms with Gasteiger partial charge in [0.2, 0.25) is 0 Å². The molecule has 1 aliphatic carbocycles.